The van der Waals surface area contributed by atoms with E-state index in [-0.39, 0.29) is 22.6 Å². The molecule has 0 bridgehead atoms. The van der Waals surface area contributed by atoms with E-state index < -0.39 is 5.60 Å². The molecule has 0 amide bonds. The highest BCUT2D eigenvalue weighted by molar-refractivity contribution is 7.12. The van der Waals surface area contributed by atoms with Gasteiger partial charge in [-0.2, -0.15) is 0 Å². The largest absolute Gasteiger partial charge is 0.384 e. The van der Waals surface area contributed by atoms with Crippen LogP contribution in [0.1, 0.15) is 69.3 Å². The molecule has 1 aliphatic heterocycles. The minimum atomic E-state index is -0.902. The first-order valence-electron chi connectivity index (χ1n) is 11.9. The normalized spacial score (nSPS) is 24.6. The fraction of sp³-hybridized carbons (Fsp3) is 0.464. The fourth-order valence-electron chi connectivity index (χ4n) is 5.88. The molecule has 3 heterocycles. The zero-order valence-electron chi connectivity index (χ0n) is 20.2. The predicted molar refractivity (Wildman–Crippen MR) is 134 cm³/mol. The molecule has 33 heavy (non-hydrogen) atoms. The number of halogens is 1. The van der Waals surface area contributed by atoms with Crippen molar-refractivity contribution in [1.29, 1.82) is 0 Å². The number of allylic oxidation sites excluding steroid dienone is 1. The molecule has 0 unspecified atom stereocenters. The maximum Gasteiger partial charge on any atom is 0.123 e. The molecule has 3 nitrogen and oxygen atoms in total. The van der Waals surface area contributed by atoms with Crippen LogP contribution in [0.15, 0.2) is 48.3 Å². The Bertz CT molecular complexity index is 1210. The van der Waals surface area contributed by atoms with Crippen LogP contribution in [-0.4, -0.2) is 14.7 Å². The number of rotatable bonds is 3. The Morgan fingerprint density at radius 2 is 1.79 bits per heavy atom. The van der Waals surface area contributed by atoms with Crippen molar-refractivity contribution in [2.45, 2.75) is 71.4 Å². The highest BCUT2D eigenvalue weighted by atomic mass is 32.1. The number of hydrogen-bond donors (Lipinski definition) is 1. The Hall–Kier alpha value is -2.24. The van der Waals surface area contributed by atoms with Crippen LogP contribution in [-0.2, 0) is 17.6 Å². The first-order chi connectivity index (χ1) is 15.5. The number of aliphatic hydroxyl groups is 1. The molecule has 2 aliphatic rings. The molecule has 2 aromatic heterocycles. The summed E-state index contributed by atoms with van der Waals surface area (Å²) >= 11 is 1.75. The maximum absolute atomic E-state index is 13.4. The maximum atomic E-state index is 13.4. The highest BCUT2D eigenvalue weighted by Gasteiger charge is 2.51. The Balaban J connectivity index is 1.52. The number of aromatic nitrogens is 2. The van der Waals surface area contributed by atoms with Crippen LogP contribution in [0.2, 0.25) is 0 Å². The van der Waals surface area contributed by atoms with Gasteiger partial charge in [-0.15, -0.1) is 11.3 Å². The summed E-state index contributed by atoms with van der Waals surface area (Å²) in [5.74, 6) is -0.125. The lowest BCUT2D eigenvalue weighted by atomic mass is 9.58. The lowest BCUT2D eigenvalue weighted by molar-refractivity contribution is -0.0687. The third kappa shape index (κ3) is 3.70. The van der Waals surface area contributed by atoms with Gasteiger partial charge in [-0.1, -0.05) is 33.3 Å². The monoisotopic (exact) mass is 464 g/mol. The minimum Gasteiger partial charge on any atom is -0.384 e. The lowest BCUT2D eigenvalue weighted by Gasteiger charge is -2.51. The van der Waals surface area contributed by atoms with Crippen LogP contribution >= 0.6 is 11.3 Å². The Kier molecular flexibility index (Phi) is 5.22. The van der Waals surface area contributed by atoms with E-state index in [2.05, 4.69) is 50.5 Å². The Morgan fingerprint density at radius 3 is 2.45 bits per heavy atom. The van der Waals surface area contributed by atoms with Crippen LogP contribution in [0.5, 0.6) is 0 Å². The highest BCUT2D eigenvalue weighted by Crippen LogP contribution is 2.56. The zero-order valence-corrected chi connectivity index (χ0v) is 21.0. The third-order valence-corrected chi connectivity index (χ3v) is 9.51. The number of benzene rings is 1. The van der Waals surface area contributed by atoms with Gasteiger partial charge in [-0.05, 0) is 74.1 Å². The number of fused-ring (bicyclic) bond motifs is 2. The summed E-state index contributed by atoms with van der Waals surface area (Å²) in [5.41, 5.74) is 3.32. The average Bonchev–Trinajstić information content (AvgIpc) is 3.39. The molecular weight excluding hydrogens is 431 g/mol. The molecule has 5 rings (SSSR count). The molecule has 0 saturated heterocycles. The van der Waals surface area contributed by atoms with E-state index in [1.165, 1.54) is 22.6 Å². The molecule has 1 saturated carbocycles. The van der Waals surface area contributed by atoms with Gasteiger partial charge in [0.1, 0.15) is 5.82 Å². The second kappa shape index (κ2) is 7.64. The Labute approximate surface area is 200 Å². The standard InChI is InChI=1S/C28H33FN2OS/c1-26(2,3)23-13-14-24(33-23)28(5,32)22-8-6-7-19-15-21-25(18-9-11-20(29)12-10-18)30-17-31(21)16-27(19,22)4/h9-15,17,22,32H,6-8,16H2,1-5H3/t22-,27-,28-/m0/s1. The molecule has 1 fully saturated rings. The number of hydrogen-bond acceptors (Lipinski definition) is 3. The number of thiophene rings is 1. The second-order valence-corrected chi connectivity index (χ2v) is 12.3. The molecule has 1 N–H and O–H groups in total. The van der Waals surface area contributed by atoms with Crippen molar-refractivity contribution in [3.63, 3.8) is 0 Å². The molecular formula is C28H33FN2OS. The van der Waals surface area contributed by atoms with Crippen molar-refractivity contribution in [1.82, 2.24) is 9.55 Å². The van der Waals surface area contributed by atoms with Crippen molar-refractivity contribution in [2.24, 2.45) is 11.3 Å². The van der Waals surface area contributed by atoms with E-state index in [1.807, 2.05) is 13.3 Å². The number of imidazole rings is 1. The first kappa shape index (κ1) is 22.5. The molecule has 1 aliphatic carbocycles. The molecule has 3 aromatic rings. The van der Waals surface area contributed by atoms with Gasteiger partial charge in [0, 0.05) is 33.2 Å². The first-order valence-corrected chi connectivity index (χ1v) is 12.7. The second-order valence-electron chi connectivity index (χ2n) is 11.2. The smallest absolute Gasteiger partial charge is 0.123 e. The van der Waals surface area contributed by atoms with Crippen LogP contribution in [0.25, 0.3) is 17.3 Å². The van der Waals surface area contributed by atoms with Gasteiger partial charge < -0.3 is 9.67 Å². The summed E-state index contributed by atoms with van der Waals surface area (Å²) in [6, 6.07) is 10.9. The van der Waals surface area contributed by atoms with E-state index in [0.29, 0.717) is 0 Å². The van der Waals surface area contributed by atoms with Crippen LogP contribution in [0.4, 0.5) is 4.39 Å². The molecule has 0 radical (unpaired) electrons. The molecule has 5 heteroatoms. The van der Waals surface area contributed by atoms with Gasteiger partial charge in [-0.25, -0.2) is 9.37 Å². The van der Waals surface area contributed by atoms with Crippen molar-refractivity contribution >= 4 is 17.4 Å². The summed E-state index contributed by atoms with van der Waals surface area (Å²) in [7, 11) is 0. The van der Waals surface area contributed by atoms with Crippen molar-refractivity contribution < 1.29 is 9.50 Å². The van der Waals surface area contributed by atoms with Gasteiger partial charge in [0.15, 0.2) is 0 Å². The van der Waals surface area contributed by atoms with Gasteiger partial charge >= 0.3 is 0 Å². The van der Waals surface area contributed by atoms with Crippen molar-refractivity contribution in [3.8, 4) is 11.3 Å². The summed E-state index contributed by atoms with van der Waals surface area (Å²) in [6.07, 6.45) is 7.29. The summed E-state index contributed by atoms with van der Waals surface area (Å²) in [5, 5.41) is 12.0. The predicted octanol–water partition coefficient (Wildman–Crippen LogP) is 7.16. The summed E-state index contributed by atoms with van der Waals surface area (Å²) in [6.45, 7) is 11.8. The summed E-state index contributed by atoms with van der Waals surface area (Å²) < 4.78 is 15.7. The fourth-order valence-corrected chi connectivity index (χ4v) is 7.04. The topological polar surface area (TPSA) is 38.1 Å². The third-order valence-electron chi connectivity index (χ3n) is 7.77. The number of nitrogens with zero attached hydrogens (tertiary/aromatic N) is 2. The van der Waals surface area contributed by atoms with E-state index in [0.717, 1.165) is 47.6 Å². The van der Waals surface area contributed by atoms with E-state index in [9.17, 15) is 9.50 Å². The van der Waals surface area contributed by atoms with E-state index in [1.54, 1.807) is 23.5 Å². The SMILES string of the molecule is CC(C)(C)c1ccc([C@@](C)(O)[C@H]2CCCC3=Cc4c(-c5ccc(F)cc5)ncn4C[C@@]32C)s1. The van der Waals surface area contributed by atoms with Gasteiger partial charge in [0.25, 0.3) is 0 Å². The summed E-state index contributed by atoms with van der Waals surface area (Å²) in [4.78, 5) is 7.06. The van der Waals surface area contributed by atoms with Gasteiger partial charge in [0.2, 0.25) is 0 Å². The average molecular weight is 465 g/mol. The van der Waals surface area contributed by atoms with E-state index >= 15 is 0 Å². The van der Waals surface area contributed by atoms with Crippen molar-refractivity contribution in [2.75, 3.05) is 0 Å². The van der Waals surface area contributed by atoms with Gasteiger partial charge in [0.05, 0.1) is 23.3 Å². The van der Waals surface area contributed by atoms with Crippen LogP contribution in [0.3, 0.4) is 0 Å². The zero-order chi connectivity index (χ0) is 23.6. The molecule has 1 aromatic carbocycles. The lowest BCUT2D eigenvalue weighted by Crippen LogP contribution is -2.48. The quantitative estimate of drug-likeness (QED) is 0.447. The van der Waals surface area contributed by atoms with Crippen LogP contribution in [0, 0.1) is 17.2 Å². The molecule has 0 spiro atoms. The van der Waals surface area contributed by atoms with Gasteiger partial charge in [-0.3, -0.25) is 0 Å². The minimum absolute atomic E-state index is 0.0772. The molecule has 3 atom stereocenters. The van der Waals surface area contributed by atoms with E-state index in [4.69, 9.17) is 4.98 Å². The Morgan fingerprint density at radius 1 is 1.09 bits per heavy atom. The van der Waals surface area contributed by atoms with Crippen LogP contribution < -0.4 is 0 Å². The molecule has 174 valence electrons. The van der Waals surface area contributed by atoms with Crippen molar-refractivity contribution in [3.05, 3.63) is 69.6 Å².